The summed E-state index contributed by atoms with van der Waals surface area (Å²) in [6, 6.07) is 2.49. The van der Waals surface area contributed by atoms with Gasteiger partial charge in [0.05, 0.1) is 10.0 Å². The van der Waals surface area contributed by atoms with Crippen LogP contribution in [0, 0.1) is 11.6 Å². The van der Waals surface area contributed by atoms with Crippen molar-refractivity contribution < 1.29 is 8.78 Å². The van der Waals surface area contributed by atoms with Gasteiger partial charge in [-0.15, -0.1) is 0 Å². The number of benzene rings is 1. The first-order valence-corrected chi connectivity index (χ1v) is 5.79. The second-order valence-electron chi connectivity index (χ2n) is 2.95. The van der Waals surface area contributed by atoms with Gasteiger partial charge in [0, 0.05) is 11.8 Å². The summed E-state index contributed by atoms with van der Waals surface area (Å²) in [5, 5.41) is 0. The standard InChI is InChI=1S/C10H4Br2F2N2/c11-6-1-2-7(13)8(9(6)14)5-3-15-4-16-10(5)12/h1-4H. The first-order valence-electron chi connectivity index (χ1n) is 4.20. The lowest BCUT2D eigenvalue weighted by Gasteiger charge is -2.07. The summed E-state index contributed by atoms with van der Waals surface area (Å²) in [6.07, 6.45) is 2.65. The van der Waals surface area contributed by atoms with Crippen LogP contribution in [0.4, 0.5) is 8.78 Å². The minimum absolute atomic E-state index is 0.151. The molecule has 0 aliphatic carbocycles. The molecule has 0 fully saturated rings. The molecule has 2 aromatic rings. The zero-order valence-corrected chi connectivity index (χ0v) is 10.9. The van der Waals surface area contributed by atoms with Crippen molar-refractivity contribution in [3.8, 4) is 11.1 Å². The van der Waals surface area contributed by atoms with Gasteiger partial charge in [0.2, 0.25) is 0 Å². The monoisotopic (exact) mass is 348 g/mol. The van der Waals surface area contributed by atoms with Gasteiger partial charge in [0.15, 0.2) is 0 Å². The summed E-state index contributed by atoms with van der Waals surface area (Å²) in [5.41, 5.74) is 0.126. The molecule has 0 atom stereocenters. The van der Waals surface area contributed by atoms with E-state index in [1.165, 1.54) is 24.7 Å². The van der Waals surface area contributed by atoms with E-state index >= 15 is 0 Å². The van der Waals surface area contributed by atoms with Gasteiger partial charge in [0.1, 0.15) is 22.6 Å². The molecule has 82 valence electrons. The van der Waals surface area contributed by atoms with Gasteiger partial charge in [-0.3, -0.25) is 0 Å². The molecule has 1 heterocycles. The van der Waals surface area contributed by atoms with Crippen molar-refractivity contribution in [2.24, 2.45) is 0 Å². The number of aromatic nitrogens is 2. The highest BCUT2D eigenvalue weighted by atomic mass is 79.9. The van der Waals surface area contributed by atoms with Crippen molar-refractivity contribution in [3.05, 3.63) is 45.4 Å². The van der Waals surface area contributed by atoms with E-state index in [4.69, 9.17) is 0 Å². The van der Waals surface area contributed by atoms with Crippen LogP contribution in [0.5, 0.6) is 0 Å². The predicted molar refractivity (Wildman–Crippen MR) is 62.8 cm³/mol. The van der Waals surface area contributed by atoms with Crippen LogP contribution in [0.1, 0.15) is 0 Å². The third kappa shape index (κ3) is 1.99. The molecule has 0 saturated heterocycles. The lowest BCUT2D eigenvalue weighted by atomic mass is 10.1. The summed E-state index contributed by atoms with van der Waals surface area (Å²) in [4.78, 5) is 7.57. The van der Waals surface area contributed by atoms with E-state index in [0.717, 1.165) is 0 Å². The number of hydrogen-bond acceptors (Lipinski definition) is 2. The van der Waals surface area contributed by atoms with Gasteiger partial charge in [-0.25, -0.2) is 18.7 Å². The number of halogens is 4. The lowest BCUT2D eigenvalue weighted by Crippen LogP contribution is -1.94. The van der Waals surface area contributed by atoms with Crippen molar-refractivity contribution in [1.29, 1.82) is 0 Å². The molecule has 2 rings (SSSR count). The van der Waals surface area contributed by atoms with Gasteiger partial charge in [0.25, 0.3) is 0 Å². The van der Waals surface area contributed by atoms with E-state index in [2.05, 4.69) is 41.8 Å². The number of rotatable bonds is 1. The third-order valence-electron chi connectivity index (χ3n) is 1.98. The summed E-state index contributed by atoms with van der Waals surface area (Å²) < 4.78 is 27.9. The normalized spacial score (nSPS) is 10.5. The average Bonchev–Trinajstić information content (AvgIpc) is 2.27. The van der Waals surface area contributed by atoms with Gasteiger partial charge >= 0.3 is 0 Å². The molecule has 0 spiro atoms. The first kappa shape index (κ1) is 11.6. The Bertz CT molecular complexity index is 546. The Kier molecular flexibility index (Phi) is 3.30. The van der Waals surface area contributed by atoms with Gasteiger partial charge in [-0.2, -0.15) is 0 Å². The highest BCUT2D eigenvalue weighted by Gasteiger charge is 2.17. The maximum atomic E-state index is 13.8. The van der Waals surface area contributed by atoms with E-state index in [-0.39, 0.29) is 15.6 Å². The van der Waals surface area contributed by atoms with Crippen LogP contribution in [-0.2, 0) is 0 Å². The van der Waals surface area contributed by atoms with Gasteiger partial charge in [-0.05, 0) is 44.0 Å². The molecule has 0 amide bonds. The highest BCUT2D eigenvalue weighted by molar-refractivity contribution is 9.10. The lowest BCUT2D eigenvalue weighted by molar-refractivity contribution is 0.585. The summed E-state index contributed by atoms with van der Waals surface area (Å²) in [5.74, 6) is -1.33. The highest BCUT2D eigenvalue weighted by Crippen LogP contribution is 2.33. The maximum Gasteiger partial charge on any atom is 0.148 e. The Morgan fingerprint density at radius 2 is 1.88 bits per heavy atom. The Morgan fingerprint density at radius 3 is 2.56 bits per heavy atom. The molecule has 2 nitrogen and oxygen atoms in total. The third-order valence-corrected chi connectivity index (χ3v) is 3.22. The SMILES string of the molecule is Fc1ccc(Br)c(F)c1-c1cncnc1Br. The summed E-state index contributed by atoms with van der Waals surface area (Å²) in [7, 11) is 0. The molecular weight excluding hydrogens is 346 g/mol. The Hall–Kier alpha value is -0.880. The van der Waals surface area contributed by atoms with E-state index < -0.39 is 11.6 Å². The molecule has 0 N–H and O–H groups in total. The fraction of sp³-hybridized carbons (Fsp3) is 0. The predicted octanol–water partition coefficient (Wildman–Crippen LogP) is 3.95. The maximum absolute atomic E-state index is 13.8. The zero-order chi connectivity index (χ0) is 11.7. The molecule has 6 heteroatoms. The molecule has 16 heavy (non-hydrogen) atoms. The molecule has 0 unspecified atom stereocenters. The molecule has 0 saturated carbocycles. The minimum atomic E-state index is -0.671. The fourth-order valence-corrected chi connectivity index (χ4v) is 1.98. The van der Waals surface area contributed by atoms with Crippen molar-refractivity contribution in [2.75, 3.05) is 0 Å². The second-order valence-corrected chi connectivity index (χ2v) is 4.55. The largest absolute Gasteiger partial charge is 0.244 e. The Morgan fingerprint density at radius 1 is 1.12 bits per heavy atom. The first-order chi connectivity index (χ1) is 7.61. The fourth-order valence-electron chi connectivity index (χ4n) is 1.26. The van der Waals surface area contributed by atoms with Crippen LogP contribution in [0.25, 0.3) is 11.1 Å². The van der Waals surface area contributed by atoms with Crippen LogP contribution in [0.2, 0.25) is 0 Å². The van der Waals surface area contributed by atoms with Crippen LogP contribution < -0.4 is 0 Å². The van der Waals surface area contributed by atoms with Crippen LogP contribution >= 0.6 is 31.9 Å². The van der Waals surface area contributed by atoms with E-state index in [1.807, 2.05) is 0 Å². The minimum Gasteiger partial charge on any atom is -0.244 e. The van der Waals surface area contributed by atoms with Crippen molar-refractivity contribution in [2.45, 2.75) is 0 Å². The molecular formula is C10H4Br2F2N2. The molecule has 1 aromatic heterocycles. The van der Waals surface area contributed by atoms with Crippen LogP contribution in [-0.4, -0.2) is 9.97 Å². The van der Waals surface area contributed by atoms with E-state index in [9.17, 15) is 8.78 Å². The molecule has 0 bridgehead atoms. The van der Waals surface area contributed by atoms with E-state index in [0.29, 0.717) is 4.60 Å². The van der Waals surface area contributed by atoms with Crippen LogP contribution in [0.3, 0.4) is 0 Å². The average molecular weight is 350 g/mol. The van der Waals surface area contributed by atoms with Crippen LogP contribution in [0.15, 0.2) is 33.7 Å². The van der Waals surface area contributed by atoms with E-state index in [1.54, 1.807) is 0 Å². The molecule has 1 aromatic carbocycles. The number of nitrogens with zero attached hydrogens (tertiary/aromatic N) is 2. The number of hydrogen-bond donors (Lipinski definition) is 0. The van der Waals surface area contributed by atoms with Gasteiger partial charge < -0.3 is 0 Å². The summed E-state index contributed by atoms with van der Waals surface area (Å²) >= 11 is 6.13. The second kappa shape index (κ2) is 4.55. The van der Waals surface area contributed by atoms with Crippen molar-refractivity contribution in [3.63, 3.8) is 0 Å². The topological polar surface area (TPSA) is 25.8 Å². The summed E-state index contributed by atoms with van der Waals surface area (Å²) in [6.45, 7) is 0. The zero-order valence-electron chi connectivity index (χ0n) is 7.72. The Balaban J connectivity index is 2.74. The quantitative estimate of drug-likeness (QED) is 0.575. The van der Waals surface area contributed by atoms with Crippen molar-refractivity contribution in [1.82, 2.24) is 9.97 Å². The van der Waals surface area contributed by atoms with Gasteiger partial charge in [-0.1, -0.05) is 0 Å². The van der Waals surface area contributed by atoms with Crippen molar-refractivity contribution >= 4 is 31.9 Å². The molecule has 0 aliphatic heterocycles. The molecule has 0 radical (unpaired) electrons. The molecule has 0 aliphatic rings. The smallest absolute Gasteiger partial charge is 0.148 e. The Labute approximate surface area is 107 Å².